The summed E-state index contributed by atoms with van der Waals surface area (Å²) in [6.07, 6.45) is 2.13. The maximum Gasteiger partial charge on any atom is 0.248 e. The first-order valence-corrected chi connectivity index (χ1v) is 10.6. The molecule has 0 radical (unpaired) electrons. The van der Waals surface area contributed by atoms with Crippen molar-refractivity contribution in [2.24, 2.45) is 5.73 Å². The number of methoxy groups -OCH3 is 2. The Kier molecular flexibility index (Phi) is 6.85. The molecular formula is C20H25NO5S. The largest absolute Gasteiger partial charge is 0.493 e. The molecule has 0 aliphatic rings. The number of hydrogen-bond acceptors (Lipinski definition) is 5. The fraction of sp³-hybridized carbons (Fsp3) is 0.350. The second-order valence-electron chi connectivity index (χ2n) is 6.46. The number of sulfone groups is 1. The Bertz CT molecular complexity index is 908. The average Bonchev–Trinajstić information content (AvgIpc) is 2.64. The molecule has 0 heterocycles. The molecule has 2 N–H and O–H groups in total. The molecule has 27 heavy (non-hydrogen) atoms. The Hall–Kier alpha value is -2.54. The Balaban J connectivity index is 2.42. The van der Waals surface area contributed by atoms with Crippen LogP contribution in [0.3, 0.4) is 0 Å². The highest BCUT2D eigenvalue weighted by molar-refractivity contribution is 7.90. The van der Waals surface area contributed by atoms with Crippen LogP contribution in [-0.2, 0) is 16.3 Å². The Morgan fingerprint density at radius 1 is 1.07 bits per heavy atom. The topological polar surface area (TPSA) is 95.7 Å². The molecule has 6 nitrogen and oxygen atoms in total. The minimum absolute atomic E-state index is 0.0464. The fourth-order valence-corrected chi connectivity index (χ4v) is 3.77. The van der Waals surface area contributed by atoms with Crippen molar-refractivity contribution in [3.05, 3.63) is 59.2 Å². The molecule has 0 aliphatic carbocycles. The van der Waals surface area contributed by atoms with Gasteiger partial charge in [-0.1, -0.05) is 24.3 Å². The van der Waals surface area contributed by atoms with Crippen molar-refractivity contribution in [2.45, 2.75) is 18.8 Å². The van der Waals surface area contributed by atoms with Crippen LogP contribution in [-0.4, -0.2) is 40.6 Å². The van der Waals surface area contributed by atoms with Crippen molar-refractivity contribution in [3.63, 3.8) is 0 Å². The van der Waals surface area contributed by atoms with Crippen LogP contribution >= 0.6 is 0 Å². The Morgan fingerprint density at radius 2 is 1.74 bits per heavy atom. The fourth-order valence-electron chi connectivity index (χ4n) is 3.05. The molecule has 1 unspecified atom stereocenters. The van der Waals surface area contributed by atoms with Gasteiger partial charge in [-0.3, -0.25) is 4.79 Å². The minimum Gasteiger partial charge on any atom is -0.493 e. The zero-order valence-electron chi connectivity index (χ0n) is 15.8. The first-order valence-electron chi connectivity index (χ1n) is 8.52. The molecule has 0 spiro atoms. The van der Waals surface area contributed by atoms with Crippen LogP contribution in [0.5, 0.6) is 11.5 Å². The first-order chi connectivity index (χ1) is 12.7. The van der Waals surface area contributed by atoms with Gasteiger partial charge in [0.2, 0.25) is 5.91 Å². The van der Waals surface area contributed by atoms with Gasteiger partial charge >= 0.3 is 0 Å². The molecule has 2 aromatic carbocycles. The molecule has 0 saturated heterocycles. The van der Waals surface area contributed by atoms with Gasteiger partial charge in [-0.2, -0.15) is 0 Å². The molecule has 1 atom stereocenters. The third kappa shape index (κ3) is 5.72. The molecule has 1 amide bonds. The Morgan fingerprint density at radius 3 is 2.33 bits per heavy atom. The zero-order chi connectivity index (χ0) is 20.0. The second kappa shape index (κ2) is 8.90. The summed E-state index contributed by atoms with van der Waals surface area (Å²) in [5.74, 6) is 0.591. The predicted molar refractivity (Wildman–Crippen MR) is 105 cm³/mol. The van der Waals surface area contributed by atoms with E-state index in [0.717, 1.165) is 11.1 Å². The first kappa shape index (κ1) is 20.8. The molecule has 146 valence electrons. The Labute approximate surface area is 160 Å². The van der Waals surface area contributed by atoms with Gasteiger partial charge in [0, 0.05) is 11.8 Å². The molecule has 0 bridgehead atoms. The number of nitrogens with two attached hydrogens (primary N) is 1. The van der Waals surface area contributed by atoms with Gasteiger partial charge in [0.1, 0.15) is 9.84 Å². The average molecular weight is 391 g/mol. The highest BCUT2D eigenvalue weighted by Gasteiger charge is 2.20. The van der Waals surface area contributed by atoms with Crippen LogP contribution in [0.4, 0.5) is 0 Å². The monoisotopic (exact) mass is 391 g/mol. The van der Waals surface area contributed by atoms with Crippen LogP contribution in [0.15, 0.2) is 42.5 Å². The van der Waals surface area contributed by atoms with E-state index in [2.05, 4.69) is 0 Å². The number of amides is 1. The summed E-state index contributed by atoms with van der Waals surface area (Å²) in [7, 11) is -0.0136. The summed E-state index contributed by atoms with van der Waals surface area (Å²) < 4.78 is 34.0. The highest BCUT2D eigenvalue weighted by atomic mass is 32.2. The van der Waals surface area contributed by atoms with Crippen LogP contribution in [0.1, 0.15) is 33.8 Å². The van der Waals surface area contributed by atoms with Gasteiger partial charge in [-0.25, -0.2) is 8.42 Å². The van der Waals surface area contributed by atoms with Gasteiger partial charge in [0.25, 0.3) is 0 Å². The van der Waals surface area contributed by atoms with Gasteiger partial charge in [-0.15, -0.1) is 0 Å². The van der Waals surface area contributed by atoms with Crippen molar-refractivity contribution >= 4 is 15.7 Å². The third-order valence-corrected chi connectivity index (χ3v) is 5.44. The summed E-state index contributed by atoms with van der Waals surface area (Å²) in [6.45, 7) is 0. The molecule has 0 aromatic heterocycles. The summed E-state index contributed by atoms with van der Waals surface area (Å²) in [6, 6.07) is 12.6. The summed E-state index contributed by atoms with van der Waals surface area (Å²) in [5, 5.41) is 0. The number of carbonyl (C=O) groups excluding carboxylic acids is 1. The second-order valence-corrected chi connectivity index (χ2v) is 8.72. The van der Waals surface area contributed by atoms with E-state index in [1.807, 2.05) is 24.3 Å². The summed E-state index contributed by atoms with van der Waals surface area (Å²) in [5.41, 5.74) is 7.63. The number of benzene rings is 2. The molecule has 0 saturated carbocycles. The SMILES string of the molecule is COc1ccc(C(CCS(C)(=O)=O)Cc2ccccc2C(N)=O)cc1OC. The maximum atomic E-state index is 11.7. The van der Waals surface area contributed by atoms with E-state index in [1.165, 1.54) is 6.26 Å². The predicted octanol–water partition coefficient (Wildman–Crippen LogP) is 2.56. The van der Waals surface area contributed by atoms with Crippen LogP contribution < -0.4 is 15.2 Å². The van der Waals surface area contributed by atoms with Crippen molar-refractivity contribution in [1.29, 1.82) is 0 Å². The van der Waals surface area contributed by atoms with Gasteiger partial charge in [0.15, 0.2) is 11.5 Å². The van der Waals surface area contributed by atoms with Crippen molar-refractivity contribution in [1.82, 2.24) is 0 Å². The minimum atomic E-state index is -3.12. The summed E-state index contributed by atoms with van der Waals surface area (Å²) >= 11 is 0. The normalized spacial score (nSPS) is 12.4. The van der Waals surface area contributed by atoms with Crippen molar-refractivity contribution in [3.8, 4) is 11.5 Å². The van der Waals surface area contributed by atoms with Gasteiger partial charge < -0.3 is 15.2 Å². The van der Waals surface area contributed by atoms with Gasteiger partial charge in [-0.05, 0) is 48.1 Å². The van der Waals surface area contributed by atoms with E-state index in [0.29, 0.717) is 29.9 Å². The van der Waals surface area contributed by atoms with E-state index in [9.17, 15) is 13.2 Å². The zero-order valence-corrected chi connectivity index (χ0v) is 16.6. The summed E-state index contributed by atoms with van der Waals surface area (Å²) in [4.78, 5) is 11.7. The number of carbonyl (C=O) groups is 1. The smallest absolute Gasteiger partial charge is 0.248 e. The number of rotatable bonds is 9. The van der Waals surface area contributed by atoms with E-state index in [-0.39, 0.29) is 11.7 Å². The number of ether oxygens (including phenoxy) is 2. The number of primary amides is 1. The lowest BCUT2D eigenvalue weighted by Gasteiger charge is -2.20. The molecular weight excluding hydrogens is 366 g/mol. The lowest BCUT2D eigenvalue weighted by Crippen LogP contribution is -2.16. The molecule has 7 heteroatoms. The standard InChI is InChI=1S/C20H25NO5S/c1-25-18-9-8-14(13-19(18)26-2)15(10-11-27(3,23)24)12-16-6-4-5-7-17(16)20(21)22/h4-9,13,15H,10-12H2,1-3H3,(H2,21,22). The lowest BCUT2D eigenvalue weighted by atomic mass is 9.88. The highest BCUT2D eigenvalue weighted by Crippen LogP contribution is 2.34. The molecule has 2 aromatic rings. The third-order valence-electron chi connectivity index (χ3n) is 4.47. The van der Waals surface area contributed by atoms with E-state index in [1.54, 1.807) is 32.4 Å². The lowest BCUT2D eigenvalue weighted by molar-refractivity contribution is 0.0999. The number of hydrogen-bond donors (Lipinski definition) is 1. The maximum absolute atomic E-state index is 11.7. The molecule has 2 rings (SSSR count). The molecule has 0 fully saturated rings. The van der Waals surface area contributed by atoms with Gasteiger partial charge in [0.05, 0.1) is 20.0 Å². The molecule has 0 aliphatic heterocycles. The van der Waals surface area contributed by atoms with Crippen molar-refractivity contribution in [2.75, 3.05) is 26.2 Å². The van der Waals surface area contributed by atoms with Crippen LogP contribution in [0.2, 0.25) is 0 Å². The van der Waals surface area contributed by atoms with E-state index in [4.69, 9.17) is 15.2 Å². The van der Waals surface area contributed by atoms with Crippen LogP contribution in [0.25, 0.3) is 0 Å². The van der Waals surface area contributed by atoms with E-state index < -0.39 is 15.7 Å². The van der Waals surface area contributed by atoms with Crippen molar-refractivity contribution < 1.29 is 22.7 Å². The quantitative estimate of drug-likeness (QED) is 0.709. The van der Waals surface area contributed by atoms with E-state index >= 15 is 0 Å². The van der Waals surface area contributed by atoms with Crippen LogP contribution in [0, 0.1) is 0 Å².